The van der Waals surface area contributed by atoms with Gasteiger partial charge in [-0.1, -0.05) is 25.7 Å². The second kappa shape index (κ2) is 7.77. The molecule has 1 heterocycles. The molecule has 1 atom stereocenters. The summed E-state index contributed by atoms with van der Waals surface area (Å²) in [6.45, 7) is 8.72. The van der Waals surface area contributed by atoms with Crippen LogP contribution in [0.15, 0.2) is 0 Å². The molecule has 2 rings (SSSR count). The Morgan fingerprint density at radius 1 is 1.05 bits per heavy atom. The molecule has 0 aromatic heterocycles. The number of nitrogens with one attached hydrogen (secondary N) is 1. The molecular formula is C17H35N3. The Morgan fingerprint density at radius 2 is 1.75 bits per heavy atom. The number of hydrogen-bond donors (Lipinski definition) is 1. The highest BCUT2D eigenvalue weighted by atomic mass is 15.2. The number of nitrogens with zero attached hydrogens (tertiary/aromatic N) is 2. The smallest absolute Gasteiger partial charge is 0.0195 e. The summed E-state index contributed by atoms with van der Waals surface area (Å²) in [6.07, 6.45) is 9.94. The van der Waals surface area contributed by atoms with Crippen LogP contribution in [-0.4, -0.2) is 62.7 Å². The molecule has 1 aliphatic heterocycles. The molecule has 2 aliphatic rings. The molecule has 1 saturated carbocycles. The van der Waals surface area contributed by atoms with Gasteiger partial charge < -0.3 is 10.2 Å². The average Bonchev–Trinajstić information content (AvgIpc) is 2.71. The lowest BCUT2D eigenvalue weighted by Crippen LogP contribution is -2.48. The molecule has 1 aliphatic carbocycles. The third-order valence-electron chi connectivity index (χ3n) is 5.44. The van der Waals surface area contributed by atoms with E-state index in [4.69, 9.17) is 0 Å². The van der Waals surface area contributed by atoms with Crippen molar-refractivity contribution in [2.75, 3.05) is 46.8 Å². The zero-order valence-corrected chi connectivity index (χ0v) is 14.0. The summed E-state index contributed by atoms with van der Waals surface area (Å²) in [6, 6.07) is 0.708. The van der Waals surface area contributed by atoms with E-state index in [0.717, 1.165) is 0 Å². The summed E-state index contributed by atoms with van der Waals surface area (Å²) in [7, 11) is 4.40. The van der Waals surface area contributed by atoms with Gasteiger partial charge in [-0.2, -0.15) is 0 Å². The SMILES string of the molecule is CNCC1(CN2CCCN(C)CC2C)CCCCCC1. The van der Waals surface area contributed by atoms with Gasteiger partial charge >= 0.3 is 0 Å². The fraction of sp³-hybridized carbons (Fsp3) is 1.00. The highest BCUT2D eigenvalue weighted by molar-refractivity contribution is 4.89. The van der Waals surface area contributed by atoms with E-state index in [9.17, 15) is 0 Å². The van der Waals surface area contributed by atoms with Gasteiger partial charge in [-0.3, -0.25) is 4.90 Å². The van der Waals surface area contributed by atoms with Crippen molar-refractivity contribution in [3.63, 3.8) is 0 Å². The predicted octanol–water partition coefficient (Wildman–Crippen LogP) is 2.57. The highest BCUT2D eigenvalue weighted by Crippen LogP contribution is 2.36. The van der Waals surface area contributed by atoms with Gasteiger partial charge in [0.2, 0.25) is 0 Å². The van der Waals surface area contributed by atoms with Crippen LogP contribution < -0.4 is 5.32 Å². The molecule has 2 fully saturated rings. The first-order valence-corrected chi connectivity index (χ1v) is 8.72. The predicted molar refractivity (Wildman–Crippen MR) is 87.2 cm³/mol. The maximum absolute atomic E-state index is 3.50. The Balaban J connectivity index is 2.02. The normalized spacial score (nSPS) is 29.9. The van der Waals surface area contributed by atoms with E-state index in [2.05, 4.69) is 36.1 Å². The molecule has 0 aromatic carbocycles. The van der Waals surface area contributed by atoms with Gasteiger partial charge in [-0.15, -0.1) is 0 Å². The molecule has 0 radical (unpaired) electrons. The number of rotatable bonds is 4. The quantitative estimate of drug-likeness (QED) is 0.799. The monoisotopic (exact) mass is 281 g/mol. The van der Waals surface area contributed by atoms with Gasteiger partial charge in [0.05, 0.1) is 0 Å². The van der Waals surface area contributed by atoms with Crippen LogP contribution in [0.3, 0.4) is 0 Å². The van der Waals surface area contributed by atoms with E-state index < -0.39 is 0 Å². The summed E-state index contributed by atoms with van der Waals surface area (Å²) in [5.74, 6) is 0. The molecule has 0 spiro atoms. The van der Waals surface area contributed by atoms with Crippen LogP contribution in [0.2, 0.25) is 0 Å². The van der Waals surface area contributed by atoms with Crippen molar-refractivity contribution in [3.05, 3.63) is 0 Å². The number of hydrogen-bond acceptors (Lipinski definition) is 3. The van der Waals surface area contributed by atoms with E-state index in [-0.39, 0.29) is 0 Å². The van der Waals surface area contributed by atoms with Crippen LogP contribution in [-0.2, 0) is 0 Å². The molecule has 118 valence electrons. The Labute approximate surface area is 126 Å². The minimum Gasteiger partial charge on any atom is -0.319 e. The van der Waals surface area contributed by atoms with Crippen molar-refractivity contribution in [1.29, 1.82) is 0 Å². The standard InChI is InChI=1S/C17H35N3/c1-16-13-19(3)11-8-12-20(16)15-17(14-18-2)9-6-4-5-7-10-17/h16,18H,4-15H2,1-3H3. The Kier molecular flexibility index (Phi) is 6.31. The maximum Gasteiger partial charge on any atom is 0.0195 e. The van der Waals surface area contributed by atoms with Gasteiger partial charge in [-0.05, 0) is 58.8 Å². The van der Waals surface area contributed by atoms with Gasteiger partial charge in [-0.25, -0.2) is 0 Å². The van der Waals surface area contributed by atoms with Crippen LogP contribution in [0, 0.1) is 5.41 Å². The molecule has 3 heteroatoms. The maximum atomic E-state index is 3.50. The van der Waals surface area contributed by atoms with Gasteiger partial charge in [0.25, 0.3) is 0 Å². The first kappa shape index (κ1) is 16.3. The highest BCUT2D eigenvalue weighted by Gasteiger charge is 2.34. The average molecular weight is 281 g/mol. The van der Waals surface area contributed by atoms with Crippen LogP contribution >= 0.6 is 0 Å². The van der Waals surface area contributed by atoms with Crippen molar-refractivity contribution in [2.24, 2.45) is 5.41 Å². The summed E-state index contributed by atoms with van der Waals surface area (Å²) in [4.78, 5) is 5.29. The summed E-state index contributed by atoms with van der Waals surface area (Å²) in [5.41, 5.74) is 0.530. The van der Waals surface area contributed by atoms with E-state index in [1.165, 1.54) is 77.7 Å². The van der Waals surface area contributed by atoms with Crippen molar-refractivity contribution in [2.45, 2.75) is 57.9 Å². The van der Waals surface area contributed by atoms with Crippen molar-refractivity contribution < 1.29 is 0 Å². The second-order valence-electron chi connectivity index (χ2n) is 7.38. The Hall–Kier alpha value is -0.120. The Bertz CT molecular complexity index is 271. The third kappa shape index (κ3) is 4.44. The molecule has 1 N–H and O–H groups in total. The summed E-state index contributed by atoms with van der Waals surface area (Å²) >= 11 is 0. The zero-order valence-electron chi connectivity index (χ0n) is 14.0. The molecule has 1 unspecified atom stereocenters. The van der Waals surface area contributed by atoms with E-state index in [0.29, 0.717) is 11.5 Å². The summed E-state index contributed by atoms with van der Waals surface area (Å²) in [5, 5.41) is 3.50. The van der Waals surface area contributed by atoms with Crippen LogP contribution in [0.5, 0.6) is 0 Å². The van der Waals surface area contributed by atoms with Crippen molar-refractivity contribution in [3.8, 4) is 0 Å². The van der Waals surface area contributed by atoms with Crippen LogP contribution in [0.25, 0.3) is 0 Å². The molecule has 0 bridgehead atoms. The lowest BCUT2D eigenvalue weighted by atomic mass is 9.79. The van der Waals surface area contributed by atoms with Gasteiger partial charge in [0.15, 0.2) is 0 Å². The minimum atomic E-state index is 0.530. The largest absolute Gasteiger partial charge is 0.319 e. The molecule has 0 amide bonds. The Morgan fingerprint density at radius 3 is 2.40 bits per heavy atom. The fourth-order valence-corrected chi connectivity index (χ4v) is 4.33. The lowest BCUT2D eigenvalue weighted by Gasteiger charge is -2.40. The van der Waals surface area contributed by atoms with E-state index in [1.54, 1.807) is 0 Å². The molecule has 3 nitrogen and oxygen atoms in total. The molecule has 1 saturated heterocycles. The fourth-order valence-electron chi connectivity index (χ4n) is 4.33. The first-order chi connectivity index (χ1) is 9.65. The van der Waals surface area contributed by atoms with Crippen molar-refractivity contribution >= 4 is 0 Å². The van der Waals surface area contributed by atoms with Crippen LogP contribution in [0.4, 0.5) is 0 Å². The number of likely N-dealkylation sites (N-methyl/N-ethyl adjacent to an activating group) is 1. The lowest BCUT2D eigenvalue weighted by molar-refractivity contribution is 0.100. The van der Waals surface area contributed by atoms with Gasteiger partial charge in [0.1, 0.15) is 0 Å². The molecule has 20 heavy (non-hydrogen) atoms. The molecular weight excluding hydrogens is 246 g/mol. The van der Waals surface area contributed by atoms with Crippen LogP contribution in [0.1, 0.15) is 51.9 Å². The zero-order chi connectivity index (χ0) is 14.4. The second-order valence-corrected chi connectivity index (χ2v) is 7.38. The minimum absolute atomic E-state index is 0.530. The van der Waals surface area contributed by atoms with Gasteiger partial charge in [0, 0.05) is 25.7 Å². The first-order valence-electron chi connectivity index (χ1n) is 8.72. The molecule has 0 aromatic rings. The topological polar surface area (TPSA) is 18.5 Å². The third-order valence-corrected chi connectivity index (χ3v) is 5.44. The van der Waals surface area contributed by atoms with E-state index in [1.807, 2.05) is 0 Å². The van der Waals surface area contributed by atoms with Crippen molar-refractivity contribution in [1.82, 2.24) is 15.1 Å². The summed E-state index contributed by atoms with van der Waals surface area (Å²) < 4.78 is 0. The van der Waals surface area contributed by atoms with E-state index >= 15 is 0 Å².